The molecule has 3 aromatic rings. The Bertz CT molecular complexity index is 923. The molecule has 3 aromatic heterocycles. The lowest BCUT2D eigenvalue weighted by Crippen LogP contribution is -2.14. The highest BCUT2D eigenvalue weighted by Gasteiger charge is 2.22. The molecule has 0 radical (unpaired) electrons. The van der Waals surface area contributed by atoms with E-state index in [1.807, 2.05) is 18.2 Å². The van der Waals surface area contributed by atoms with Gasteiger partial charge < -0.3 is 0 Å². The quantitative estimate of drug-likeness (QED) is 0.257. The fourth-order valence-electron chi connectivity index (χ4n) is 2.72. The molecule has 0 spiro atoms. The van der Waals surface area contributed by atoms with Crippen LogP contribution in [0.25, 0.3) is 0 Å². The third kappa shape index (κ3) is 7.65. The number of aromatic nitrogens is 6. The third-order valence-corrected chi connectivity index (χ3v) is 8.56. The maximum atomic E-state index is 4.48. The number of thioether (sulfide) groups is 3. The van der Waals surface area contributed by atoms with Gasteiger partial charge in [0.05, 0.1) is 17.1 Å². The van der Waals surface area contributed by atoms with Crippen LogP contribution in [0.2, 0.25) is 0 Å². The van der Waals surface area contributed by atoms with Crippen LogP contribution in [0.1, 0.15) is 79.4 Å². The van der Waals surface area contributed by atoms with Crippen molar-refractivity contribution < 1.29 is 0 Å². The van der Waals surface area contributed by atoms with Gasteiger partial charge in [-0.2, -0.15) is 15.3 Å². The Hall–Kier alpha value is -1.71. The number of hydrogen-bond acceptors (Lipinski definition) is 9. The molecule has 0 fully saturated rings. The van der Waals surface area contributed by atoms with Gasteiger partial charge in [0.1, 0.15) is 19.0 Å². The van der Waals surface area contributed by atoms with Gasteiger partial charge in [0.2, 0.25) is 0 Å². The Balaban J connectivity index is 1.82. The minimum atomic E-state index is -0.0339. The first-order chi connectivity index (χ1) is 15.7. The van der Waals surface area contributed by atoms with E-state index in [1.165, 1.54) is 0 Å². The first-order valence-electron chi connectivity index (χ1n) is 11.2. The van der Waals surface area contributed by atoms with Crippen molar-refractivity contribution in [2.24, 2.45) is 0 Å². The summed E-state index contributed by atoms with van der Waals surface area (Å²) in [4.78, 5) is 0. The van der Waals surface area contributed by atoms with Crippen LogP contribution in [0.15, 0.2) is 51.5 Å². The summed E-state index contributed by atoms with van der Waals surface area (Å²) in [5.74, 6) is 0. The standard InChI is InChI=1S/C25H34N6S3/c1-23(2,3)16-10-13-19(29-26-16)32-22(33-20-14-11-17(27-30-20)24(4,5)6)34-21-15-12-18(28-31-21)25(7,8)9/h10-15,22H,1-9H3. The van der Waals surface area contributed by atoms with Crippen LogP contribution in [0, 0.1) is 0 Å². The zero-order valence-electron chi connectivity index (χ0n) is 21.4. The molecule has 0 bridgehead atoms. The van der Waals surface area contributed by atoms with Crippen LogP contribution in [0.4, 0.5) is 0 Å². The number of nitrogens with zero attached hydrogens (tertiary/aromatic N) is 6. The van der Waals surface area contributed by atoms with Crippen molar-refractivity contribution in [3.63, 3.8) is 0 Å². The van der Waals surface area contributed by atoms with Crippen molar-refractivity contribution in [1.82, 2.24) is 30.6 Å². The topological polar surface area (TPSA) is 77.3 Å². The first-order valence-corrected chi connectivity index (χ1v) is 13.9. The average molecular weight is 515 g/mol. The summed E-state index contributed by atoms with van der Waals surface area (Å²) in [6.45, 7) is 19.2. The largest absolute Gasteiger partial charge is 0.154 e. The molecule has 0 unspecified atom stereocenters. The summed E-state index contributed by atoms with van der Waals surface area (Å²) >= 11 is 4.90. The van der Waals surface area contributed by atoms with E-state index < -0.39 is 0 Å². The SMILES string of the molecule is CC(C)(C)c1ccc(SC(Sc2ccc(C(C)(C)C)nn2)Sc2ccc(C(C)(C)C)nn2)nn1. The molecule has 0 aromatic carbocycles. The molecule has 0 saturated carbocycles. The van der Waals surface area contributed by atoms with Gasteiger partial charge in [-0.3, -0.25) is 0 Å². The van der Waals surface area contributed by atoms with Crippen LogP contribution in [0.5, 0.6) is 0 Å². The Labute approximate surface area is 216 Å². The molecule has 0 N–H and O–H groups in total. The molecule has 0 saturated heterocycles. The van der Waals surface area contributed by atoms with E-state index in [0.717, 1.165) is 32.2 Å². The van der Waals surface area contributed by atoms with Crippen molar-refractivity contribution in [3.05, 3.63) is 53.5 Å². The summed E-state index contributed by atoms with van der Waals surface area (Å²) in [5.41, 5.74) is 2.82. The van der Waals surface area contributed by atoms with E-state index in [0.29, 0.717) is 0 Å². The number of hydrogen-bond donors (Lipinski definition) is 0. The van der Waals surface area contributed by atoms with E-state index in [1.54, 1.807) is 35.3 Å². The smallest absolute Gasteiger partial charge is 0.121 e. The second kappa shape index (κ2) is 10.5. The predicted molar refractivity (Wildman–Crippen MR) is 144 cm³/mol. The van der Waals surface area contributed by atoms with E-state index in [2.05, 4.69) is 111 Å². The summed E-state index contributed by atoms with van der Waals surface area (Å²) in [6.07, 6.45) is 0. The van der Waals surface area contributed by atoms with Gasteiger partial charge in [-0.15, -0.1) is 15.3 Å². The fourth-order valence-corrected chi connectivity index (χ4v) is 6.36. The molecule has 9 heteroatoms. The van der Waals surface area contributed by atoms with Gasteiger partial charge in [-0.1, -0.05) is 97.6 Å². The van der Waals surface area contributed by atoms with Crippen molar-refractivity contribution in [3.8, 4) is 0 Å². The summed E-state index contributed by atoms with van der Waals surface area (Å²) in [7, 11) is 0. The summed E-state index contributed by atoms with van der Waals surface area (Å²) < 4.78 is 0.0133. The first kappa shape index (κ1) is 26.9. The van der Waals surface area contributed by atoms with Gasteiger partial charge in [-0.05, 0) is 36.4 Å². The minimum Gasteiger partial charge on any atom is -0.154 e. The lowest BCUT2D eigenvalue weighted by molar-refractivity contribution is 0.554. The zero-order valence-corrected chi connectivity index (χ0v) is 23.9. The molecule has 182 valence electrons. The fraction of sp³-hybridized carbons (Fsp3) is 0.520. The van der Waals surface area contributed by atoms with Crippen molar-refractivity contribution in [1.29, 1.82) is 0 Å². The van der Waals surface area contributed by atoms with Gasteiger partial charge in [0.15, 0.2) is 0 Å². The number of rotatable bonds is 6. The normalized spacial score (nSPS) is 12.9. The van der Waals surface area contributed by atoms with E-state index in [4.69, 9.17) is 0 Å². The van der Waals surface area contributed by atoms with Crippen molar-refractivity contribution in [2.75, 3.05) is 0 Å². The third-order valence-electron chi connectivity index (χ3n) is 4.88. The van der Waals surface area contributed by atoms with Gasteiger partial charge in [0.25, 0.3) is 0 Å². The maximum absolute atomic E-state index is 4.48. The van der Waals surface area contributed by atoms with E-state index >= 15 is 0 Å². The van der Waals surface area contributed by atoms with Crippen LogP contribution in [0.3, 0.4) is 0 Å². The molecule has 0 aliphatic rings. The highest BCUT2D eigenvalue weighted by atomic mass is 32.3. The van der Waals surface area contributed by atoms with Gasteiger partial charge in [0, 0.05) is 16.2 Å². The molecule has 0 aliphatic heterocycles. The highest BCUT2D eigenvalue weighted by Crippen LogP contribution is 2.44. The average Bonchev–Trinajstić information content (AvgIpc) is 2.73. The molecule has 0 amide bonds. The molecular formula is C25H34N6S3. The molecule has 0 atom stereocenters. The van der Waals surface area contributed by atoms with Gasteiger partial charge >= 0.3 is 0 Å². The van der Waals surface area contributed by atoms with Crippen LogP contribution in [-0.4, -0.2) is 34.5 Å². The lowest BCUT2D eigenvalue weighted by Gasteiger charge is -2.19. The van der Waals surface area contributed by atoms with Crippen molar-refractivity contribution in [2.45, 2.75) is 97.6 Å². The van der Waals surface area contributed by atoms with Gasteiger partial charge in [-0.25, -0.2) is 0 Å². The Morgan fingerprint density at radius 2 is 0.706 bits per heavy atom. The summed E-state index contributed by atoms with van der Waals surface area (Å²) in [5, 5.41) is 29.3. The molecule has 34 heavy (non-hydrogen) atoms. The predicted octanol–water partition coefficient (Wildman–Crippen LogP) is 6.91. The summed E-state index contributed by atoms with van der Waals surface area (Å²) in [6, 6.07) is 12.3. The Morgan fingerprint density at radius 1 is 0.441 bits per heavy atom. The Kier molecular flexibility index (Phi) is 8.30. The second-order valence-corrected chi connectivity index (χ2v) is 15.4. The van der Waals surface area contributed by atoms with Crippen LogP contribution < -0.4 is 0 Å². The molecule has 3 rings (SSSR count). The molecule has 3 heterocycles. The van der Waals surface area contributed by atoms with E-state index in [-0.39, 0.29) is 20.2 Å². The maximum Gasteiger partial charge on any atom is 0.121 e. The Morgan fingerprint density at radius 3 is 0.882 bits per heavy atom. The molecular weight excluding hydrogens is 481 g/mol. The van der Waals surface area contributed by atoms with Crippen LogP contribution in [-0.2, 0) is 16.2 Å². The monoisotopic (exact) mass is 514 g/mol. The van der Waals surface area contributed by atoms with E-state index in [9.17, 15) is 0 Å². The van der Waals surface area contributed by atoms with Crippen LogP contribution >= 0.6 is 35.3 Å². The minimum absolute atomic E-state index is 0.0133. The molecule has 0 aliphatic carbocycles. The molecule has 6 nitrogen and oxygen atoms in total. The zero-order chi connectivity index (χ0) is 25.1. The lowest BCUT2D eigenvalue weighted by atomic mass is 9.92. The highest BCUT2D eigenvalue weighted by molar-refractivity contribution is 8.32. The second-order valence-electron chi connectivity index (χ2n) is 11.2. The van der Waals surface area contributed by atoms with Crippen molar-refractivity contribution >= 4 is 35.3 Å².